The minimum atomic E-state index is -0.115. The van der Waals surface area contributed by atoms with Crippen LogP contribution in [0.2, 0.25) is 0 Å². The lowest BCUT2D eigenvalue weighted by Gasteiger charge is -2.09. The largest absolute Gasteiger partial charge is 0.396 e. The van der Waals surface area contributed by atoms with E-state index in [0.717, 1.165) is 12.0 Å². The monoisotopic (exact) mass is 285 g/mol. The normalized spacial score (nSPS) is 10.1. The molecule has 6 heteroatoms. The molecule has 1 amide bonds. The van der Waals surface area contributed by atoms with Gasteiger partial charge in [-0.15, -0.1) is 0 Å². The maximum Gasteiger partial charge on any atom is 0.252 e. The van der Waals surface area contributed by atoms with Crippen molar-refractivity contribution < 1.29 is 4.79 Å². The van der Waals surface area contributed by atoms with Gasteiger partial charge in [-0.3, -0.25) is 9.78 Å². The van der Waals surface area contributed by atoms with Crippen molar-refractivity contribution in [1.29, 1.82) is 0 Å². The fraction of sp³-hybridized carbons (Fsp3) is 0.267. The highest BCUT2D eigenvalue weighted by Crippen LogP contribution is 2.15. The molecule has 0 aromatic carbocycles. The summed E-state index contributed by atoms with van der Waals surface area (Å²) < 4.78 is 0. The Morgan fingerprint density at radius 2 is 2.19 bits per heavy atom. The maximum absolute atomic E-state index is 11.8. The lowest BCUT2D eigenvalue weighted by molar-refractivity contribution is 0.0953. The SMILES string of the molecule is Cc1cnc(NCCCNC(=O)c2cccnc2)c(N)c1. The molecule has 0 unspecified atom stereocenters. The Morgan fingerprint density at radius 3 is 2.90 bits per heavy atom. The predicted molar refractivity (Wildman–Crippen MR) is 83.1 cm³/mol. The molecule has 0 radical (unpaired) electrons. The lowest BCUT2D eigenvalue weighted by Crippen LogP contribution is -2.26. The van der Waals surface area contributed by atoms with Crippen LogP contribution in [-0.4, -0.2) is 29.0 Å². The molecule has 110 valence electrons. The smallest absolute Gasteiger partial charge is 0.252 e. The summed E-state index contributed by atoms with van der Waals surface area (Å²) in [4.78, 5) is 19.9. The summed E-state index contributed by atoms with van der Waals surface area (Å²) in [6, 6.07) is 5.35. The Morgan fingerprint density at radius 1 is 1.33 bits per heavy atom. The van der Waals surface area contributed by atoms with Gasteiger partial charge in [0.2, 0.25) is 0 Å². The van der Waals surface area contributed by atoms with E-state index in [-0.39, 0.29) is 5.91 Å². The highest BCUT2D eigenvalue weighted by atomic mass is 16.1. The van der Waals surface area contributed by atoms with Crippen molar-refractivity contribution in [1.82, 2.24) is 15.3 Å². The summed E-state index contributed by atoms with van der Waals surface area (Å²) in [6.07, 6.45) is 5.73. The number of nitrogens with two attached hydrogens (primary N) is 1. The van der Waals surface area contributed by atoms with Crippen LogP contribution in [0.4, 0.5) is 11.5 Å². The molecule has 6 nitrogen and oxygen atoms in total. The Balaban J connectivity index is 1.69. The Hall–Kier alpha value is -2.63. The zero-order valence-electron chi connectivity index (χ0n) is 12.0. The van der Waals surface area contributed by atoms with Crippen molar-refractivity contribution in [2.24, 2.45) is 0 Å². The van der Waals surface area contributed by atoms with E-state index in [1.165, 1.54) is 0 Å². The van der Waals surface area contributed by atoms with Gasteiger partial charge < -0.3 is 16.4 Å². The van der Waals surface area contributed by atoms with Crippen molar-refractivity contribution >= 4 is 17.4 Å². The molecule has 2 aromatic rings. The van der Waals surface area contributed by atoms with Crippen LogP contribution in [0.25, 0.3) is 0 Å². The number of hydrogen-bond acceptors (Lipinski definition) is 5. The molecule has 0 saturated heterocycles. The first-order chi connectivity index (χ1) is 10.2. The van der Waals surface area contributed by atoms with Crippen LogP contribution in [-0.2, 0) is 0 Å². The third-order valence-corrected chi connectivity index (χ3v) is 2.91. The Bertz CT molecular complexity index is 600. The van der Waals surface area contributed by atoms with Gasteiger partial charge in [0.05, 0.1) is 11.3 Å². The van der Waals surface area contributed by atoms with Gasteiger partial charge in [0.1, 0.15) is 5.82 Å². The average molecular weight is 285 g/mol. The minimum Gasteiger partial charge on any atom is -0.396 e. The Labute approximate surface area is 123 Å². The lowest BCUT2D eigenvalue weighted by atomic mass is 10.2. The molecule has 0 fully saturated rings. The van der Waals surface area contributed by atoms with Crippen molar-refractivity contribution in [3.05, 3.63) is 47.9 Å². The van der Waals surface area contributed by atoms with E-state index in [2.05, 4.69) is 20.6 Å². The number of pyridine rings is 2. The van der Waals surface area contributed by atoms with Crippen molar-refractivity contribution in [2.45, 2.75) is 13.3 Å². The molecule has 0 bridgehead atoms. The van der Waals surface area contributed by atoms with Crippen LogP contribution in [0.15, 0.2) is 36.8 Å². The number of rotatable bonds is 6. The van der Waals surface area contributed by atoms with E-state index in [1.807, 2.05) is 13.0 Å². The van der Waals surface area contributed by atoms with E-state index in [4.69, 9.17) is 5.73 Å². The van der Waals surface area contributed by atoms with Gasteiger partial charge in [0.15, 0.2) is 0 Å². The summed E-state index contributed by atoms with van der Waals surface area (Å²) in [5.41, 5.74) is 8.09. The molecule has 21 heavy (non-hydrogen) atoms. The van der Waals surface area contributed by atoms with Gasteiger partial charge in [-0.1, -0.05) is 0 Å². The van der Waals surface area contributed by atoms with Crippen LogP contribution in [0.5, 0.6) is 0 Å². The topological polar surface area (TPSA) is 92.9 Å². The fourth-order valence-corrected chi connectivity index (χ4v) is 1.84. The number of aromatic nitrogens is 2. The number of hydrogen-bond donors (Lipinski definition) is 3. The Kier molecular flexibility index (Phi) is 5.09. The first kappa shape index (κ1) is 14.8. The van der Waals surface area contributed by atoms with Gasteiger partial charge in [0, 0.05) is 31.7 Å². The second-order valence-corrected chi connectivity index (χ2v) is 4.73. The van der Waals surface area contributed by atoms with Crippen molar-refractivity contribution in [3.63, 3.8) is 0 Å². The first-order valence-electron chi connectivity index (χ1n) is 6.81. The van der Waals surface area contributed by atoms with Crippen LogP contribution in [0, 0.1) is 6.92 Å². The van der Waals surface area contributed by atoms with Gasteiger partial charge in [-0.2, -0.15) is 0 Å². The van der Waals surface area contributed by atoms with E-state index in [1.54, 1.807) is 30.7 Å². The molecule has 2 rings (SSSR count). The molecular formula is C15H19N5O. The number of nitrogens with zero attached hydrogens (tertiary/aromatic N) is 2. The van der Waals surface area contributed by atoms with Gasteiger partial charge in [-0.05, 0) is 37.1 Å². The number of amides is 1. The fourth-order valence-electron chi connectivity index (χ4n) is 1.84. The van der Waals surface area contributed by atoms with E-state index in [0.29, 0.717) is 30.2 Å². The summed E-state index contributed by atoms with van der Waals surface area (Å²) in [7, 11) is 0. The second kappa shape index (κ2) is 7.23. The summed E-state index contributed by atoms with van der Waals surface area (Å²) in [5, 5.41) is 5.99. The zero-order chi connectivity index (χ0) is 15.1. The van der Waals surface area contributed by atoms with Crippen molar-refractivity contribution in [2.75, 3.05) is 24.1 Å². The highest BCUT2D eigenvalue weighted by molar-refractivity contribution is 5.93. The van der Waals surface area contributed by atoms with Crippen LogP contribution in [0.1, 0.15) is 22.3 Å². The van der Waals surface area contributed by atoms with Crippen molar-refractivity contribution in [3.8, 4) is 0 Å². The molecule has 0 aliphatic rings. The molecule has 4 N–H and O–H groups in total. The third kappa shape index (κ3) is 4.45. The standard InChI is InChI=1S/C15H19N5O/c1-11-8-13(16)14(20-9-11)18-6-3-7-19-15(21)12-4-2-5-17-10-12/h2,4-5,8-10H,3,6-7,16H2,1H3,(H,18,20)(H,19,21). The van der Waals surface area contributed by atoms with Gasteiger partial charge in [0.25, 0.3) is 5.91 Å². The molecule has 2 heterocycles. The number of aryl methyl sites for hydroxylation is 1. The van der Waals surface area contributed by atoms with E-state index in [9.17, 15) is 4.79 Å². The van der Waals surface area contributed by atoms with Crippen LogP contribution >= 0.6 is 0 Å². The molecular weight excluding hydrogens is 266 g/mol. The molecule has 0 aliphatic heterocycles. The number of nitrogens with one attached hydrogen (secondary N) is 2. The maximum atomic E-state index is 11.8. The quantitative estimate of drug-likeness (QED) is 0.701. The minimum absolute atomic E-state index is 0.115. The number of nitrogen functional groups attached to an aromatic ring is 1. The molecule has 0 atom stereocenters. The average Bonchev–Trinajstić information content (AvgIpc) is 2.49. The second-order valence-electron chi connectivity index (χ2n) is 4.73. The zero-order valence-corrected chi connectivity index (χ0v) is 12.0. The van der Waals surface area contributed by atoms with Crippen LogP contribution in [0.3, 0.4) is 0 Å². The molecule has 0 saturated carbocycles. The van der Waals surface area contributed by atoms with Gasteiger partial charge in [-0.25, -0.2) is 4.98 Å². The third-order valence-electron chi connectivity index (χ3n) is 2.91. The summed E-state index contributed by atoms with van der Waals surface area (Å²) in [5.74, 6) is 0.565. The summed E-state index contributed by atoms with van der Waals surface area (Å²) in [6.45, 7) is 3.21. The predicted octanol–water partition coefficient (Wildman–Crippen LogP) is 1.60. The number of carbonyl (C=O) groups excluding carboxylic acids is 1. The molecule has 0 aliphatic carbocycles. The molecule has 2 aromatic heterocycles. The van der Waals surface area contributed by atoms with Crippen LogP contribution < -0.4 is 16.4 Å². The van der Waals surface area contributed by atoms with Gasteiger partial charge >= 0.3 is 0 Å². The highest BCUT2D eigenvalue weighted by Gasteiger charge is 2.04. The number of anilines is 2. The first-order valence-corrected chi connectivity index (χ1v) is 6.81. The number of carbonyl (C=O) groups is 1. The van der Waals surface area contributed by atoms with E-state index >= 15 is 0 Å². The van der Waals surface area contributed by atoms with E-state index < -0.39 is 0 Å². The molecule has 0 spiro atoms. The summed E-state index contributed by atoms with van der Waals surface area (Å²) >= 11 is 0.